The molecule has 0 radical (unpaired) electrons. The van der Waals surface area contributed by atoms with E-state index in [1.54, 1.807) is 11.3 Å². The Morgan fingerprint density at radius 2 is 1.61 bits per heavy atom. The summed E-state index contributed by atoms with van der Waals surface area (Å²) < 4.78 is 3.41. The van der Waals surface area contributed by atoms with E-state index in [1.807, 2.05) is 12.1 Å². The quantitative estimate of drug-likeness (QED) is 0.375. The Kier molecular flexibility index (Phi) is 4.42. The lowest BCUT2D eigenvalue weighted by atomic mass is 10.2. The van der Waals surface area contributed by atoms with E-state index in [4.69, 9.17) is 4.98 Å². The predicted octanol–water partition coefficient (Wildman–Crippen LogP) is 1.14. The molecule has 4 rings (SSSR count). The Morgan fingerprint density at radius 1 is 0.870 bits per heavy atom. The van der Waals surface area contributed by atoms with E-state index in [0.29, 0.717) is 0 Å². The second-order valence-corrected chi connectivity index (χ2v) is 6.31. The topological polar surface area (TPSA) is 15.9 Å². The number of hydrogen-bond acceptors (Lipinski definition) is 2. The van der Waals surface area contributed by atoms with Crippen LogP contribution in [0.25, 0.3) is 20.8 Å². The highest BCUT2D eigenvalue weighted by molar-refractivity contribution is 7.21. The van der Waals surface area contributed by atoms with Gasteiger partial charge in [-0.3, -0.25) is 0 Å². The van der Waals surface area contributed by atoms with E-state index in [1.165, 1.54) is 20.6 Å². The standard InChI is InChI=1S/C19H15N2S.ClH/c1-21(14-7-3-2-4-8-14)15-11-12-17-19(13-15)22-18-10-6-5-9-16(18)20-17;/h2-13H,1H3;1H/q+1;/p-1. The van der Waals surface area contributed by atoms with Gasteiger partial charge in [0.25, 0.3) is 0 Å². The summed E-state index contributed by atoms with van der Waals surface area (Å²) in [7, 11) is 2.09. The summed E-state index contributed by atoms with van der Waals surface area (Å²) in [6.07, 6.45) is 0. The van der Waals surface area contributed by atoms with E-state index >= 15 is 0 Å². The third-order valence-corrected chi connectivity index (χ3v) is 4.91. The smallest absolute Gasteiger partial charge is 0.206 e. The fourth-order valence-electron chi connectivity index (χ4n) is 2.57. The highest BCUT2D eigenvalue weighted by atomic mass is 35.5. The molecule has 0 saturated carbocycles. The van der Waals surface area contributed by atoms with E-state index in [2.05, 4.69) is 72.3 Å². The Balaban J connectivity index is 0.00000156. The van der Waals surface area contributed by atoms with Crippen molar-refractivity contribution in [3.63, 3.8) is 0 Å². The minimum absolute atomic E-state index is 0. The molecular weight excluding hydrogens is 324 g/mol. The van der Waals surface area contributed by atoms with Crippen LogP contribution >= 0.6 is 11.3 Å². The summed E-state index contributed by atoms with van der Waals surface area (Å²) in [5, 5.41) is 1.17. The van der Waals surface area contributed by atoms with Crippen LogP contribution in [-0.2, 0) is 0 Å². The van der Waals surface area contributed by atoms with Gasteiger partial charge in [0, 0.05) is 24.3 Å². The summed E-state index contributed by atoms with van der Waals surface area (Å²) in [6.45, 7) is 0. The molecule has 0 N–H and O–H groups in total. The molecule has 2 aliphatic rings. The number of nitrogens with zero attached hydrogens (tertiary/aromatic N) is 2. The largest absolute Gasteiger partial charge is 1.00 e. The van der Waals surface area contributed by atoms with Gasteiger partial charge in [-0.25, -0.2) is 4.98 Å². The third-order valence-electron chi connectivity index (χ3n) is 3.80. The number of rotatable bonds is 1. The summed E-state index contributed by atoms with van der Waals surface area (Å²) in [5.74, 6) is 0. The second-order valence-electron chi connectivity index (χ2n) is 5.23. The lowest BCUT2D eigenvalue weighted by Crippen LogP contribution is -3.00. The van der Waals surface area contributed by atoms with E-state index in [0.717, 1.165) is 11.2 Å². The average molecular weight is 339 g/mol. The Bertz CT molecular complexity index is 993. The molecule has 0 aromatic heterocycles. The van der Waals surface area contributed by atoms with Crippen molar-refractivity contribution in [2.75, 3.05) is 7.05 Å². The van der Waals surface area contributed by atoms with Gasteiger partial charge in [0.2, 0.25) is 11.0 Å². The van der Waals surface area contributed by atoms with Gasteiger partial charge in [-0.05, 0) is 18.2 Å². The summed E-state index contributed by atoms with van der Waals surface area (Å²) in [5.41, 5.74) is 3.29. The minimum Gasteiger partial charge on any atom is -1.00 e. The molecule has 0 spiro atoms. The van der Waals surface area contributed by atoms with Crippen molar-refractivity contribution in [1.82, 2.24) is 9.56 Å². The number of hydrogen-bond donors (Lipinski definition) is 0. The van der Waals surface area contributed by atoms with Crippen LogP contribution < -0.4 is 22.3 Å². The Labute approximate surface area is 145 Å². The third kappa shape index (κ3) is 2.98. The molecule has 0 fully saturated rings. The molecule has 2 nitrogen and oxygen atoms in total. The molecular formula is C19H15ClN2S. The zero-order valence-electron chi connectivity index (χ0n) is 12.6. The molecule has 4 heteroatoms. The second kappa shape index (κ2) is 6.49. The van der Waals surface area contributed by atoms with Crippen LogP contribution in [-0.4, -0.2) is 12.0 Å². The first-order valence-electron chi connectivity index (χ1n) is 7.23. The van der Waals surface area contributed by atoms with Gasteiger partial charge in [-0.2, -0.15) is 4.58 Å². The van der Waals surface area contributed by atoms with Gasteiger partial charge in [0.05, 0.1) is 20.8 Å². The van der Waals surface area contributed by atoms with Crippen LogP contribution in [0, 0.1) is 0 Å². The fraction of sp³-hybridized carbons (Fsp3) is 0.0526. The van der Waals surface area contributed by atoms with E-state index < -0.39 is 0 Å². The predicted molar refractivity (Wildman–Crippen MR) is 93.5 cm³/mol. The summed E-state index contributed by atoms with van der Waals surface area (Å²) in [6, 6.07) is 25.1. The molecule has 1 aliphatic carbocycles. The molecule has 2 aromatic rings. The molecule has 0 saturated heterocycles. The zero-order valence-corrected chi connectivity index (χ0v) is 14.2. The maximum atomic E-state index is 4.74. The van der Waals surface area contributed by atoms with E-state index in [-0.39, 0.29) is 12.4 Å². The fourth-order valence-corrected chi connectivity index (χ4v) is 3.57. The van der Waals surface area contributed by atoms with Crippen molar-refractivity contribution in [2.24, 2.45) is 0 Å². The molecule has 0 unspecified atom stereocenters. The monoisotopic (exact) mass is 338 g/mol. The number of aromatic nitrogens is 1. The van der Waals surface area contributed by atoms with Crippen LogP contribution in [0.3, 0.4) is 0 Å². The zero-order chi connectivity index (χ0) is 14.9. The van der Waals surface area contributed by atoms with Gasteiger partial charge < -0.3 is 12.4 Å². The van der Waals surface area contributed by atoms with Crippen molar-refractivity contribution < 1.29 is 12.4 Å². The lowest BCUT2D eigenvalue weighted by molar-refractivity contribution is -0.00000428. The minimum atomic E-state index is 0. The highest BCUT2D eigenvalue weighted by Crippen LogP contribution is 2.28. The SMILES string of the molecule is C[N+](c1ccccc1)=c1ccc2nc3ccccc3sc-2c1.[Cl-]. The molecule has 0 bridgehead atoms. The maximum absolute atomic E-state index is 4.74. The molecule has 23 heavy (non-hydrogen) atoms. The number of halogens is 1. The lowest BCUT2D eigenvalue weighted by Gasteiger charge is -2.05. The number of para-hydroxylation sites is 2. The highest BCUT2D eigenvalue weighted by Gasteiger charge is 2.10. The Morgan fingerprint density at radius 3 is 2.43 bits per heavy atom. The normalized spacial score (nSPS) is 12.0. The first kappa shape index (κ1) is 15.7. The first-order valence-corrected chi connectivity index (χ1v) is 8.04. The van der Waals surface area contributed by atoms with Crippen molar-refractivity contribution in [3.05, 3.63) is 78.2 Å². The molecule has 0 atom stereocenters. The first-order chi connectivity index (χ1) is 10.8. The van der Waals surface area contributed by atoms with Gasteiger partial charge >= 0.3 is 0 Å². The van der Waals surface area contributed by atoms with Crippen LogP contribution in [0.5, 0.6) is 0 Å². The van der Waals surface area contributed by atoms with Crippen LogP contribution in [0.1, 0.15) is 0 Å². The van der Waals surface area contributed by atoms with Gasteiger partial charge in [-0.1, -0.05) is 30.3 Å². The van der Waals surface area contributed by atoms with Crippen LogP contribution in [0.2, 0.25) is 0 Å². The van der Waals surface area contributed by atoms with Gasteiger partial charge in [-0.15, -0.1) is 11.3 Å². The molecule has 1 aliphatic heterocycles. The number of fused-ring (bicyclic) bond motifs is 2. The molecule has 114 valence electrons. The maximum Gasteiger partial charge on any atom is 0.206 e. The average Bonchev–Trinajstić information content (AvgIpc) is 2.59. The molecule has 0 amide bonds. The van der Waals surface area contributed by atoms with Crippen LogP contribution in [0.15, 0.2) is 72.8 Å². The van der Waals surface area contributed by atoms with E-state index in [9.17, 15) is 0 Å². The summed E-state index contributed by atoms with van der Waals surface area (Å²) in [4.78, 5) is 5.95. The molecule has 1 heterocycles. The van der Waals surface area contributed by atoms with Crippen molar-refractivity contribution in [1.29, 1.82) is 0 Å². The van der Waals surface area contributed by atoms with Crippen molar-refractivity contribution in [2.45, 2.75) is 0 Å². The van der Waals surface area contributed by atoms with Crippen LogP contribution in [0.4, 0.5) is 5.69 Å². The molecule has 2 aromatic carbocycles. The number of benzene rings is 3. The van der Waals surface area contributed by atoms with Crippen molar-refractivity contribution in [3.8, 4) is 10.6 Å². The van der Waals surface area contributed by atoms with Crippen molar-refractivity contribution >= 4 is 27.2 Å². The van der Waals surface area contributed by atoms with Gasteiger partial charge in [0.1, 0.15) is 7.05 Å². The summed E-state index contributed by atoms with van der Waals surface area (Å²) >= 11 is 1.79. The van der Waals surface area contributed by atoms with Gasteiger partial charge in [0.15, 0.2) is 0 Å². The Hall–Kier alpha value is -2.23.